The van der Waals surface area contributed by atoms with Crippen molar-refractivity contribution < 1.29 is 26.8 Å². The van der Waals surface area contributed by atoms with E-state index in [0.717, 1.165) is 39.4 Å². The molecule has 6 rings (SSSR count). The third kappa shape index (κ3) is 5.01. The molecule has 0 saturated heterocycles. The monoisotopic (exact) mass is 591 g/mol. The van der Waals surface area contributed by atoms with Gasteiger partial charge in [-0.15, -0.1) is 11.3 Å². The summed E-state index contributed by atoms with van der Waals surface area (Å²) in [5, 5.41) is 4.01. The van der Waals surface area contributed by atoms with Crippen LogP contribution in [-0.4, -0.2) is 46.3 Å². The zero-order valence-electron chi connectivity index (χ0n) is 22.5. The fourth-order valence-electron chi connectivity index (χ4n) is 4.93. The lowest BCUT2D eigenvalue weighted by atomic mass is 9.97. The molecule has 3 heterocycles. The molecule has 0 aliphatic carbocycles. The average Bonchev–Trinajstić information content (AvgIpc) is 3.57. The van der Waals surface area contributed by atoms with Crippen molar-refractivity contribution in [2.75, 3.05) is 31.3 Å². The number of halogens is 1. The Morgan fingerprint density at radius 1 is 1.07 bits per heavy atom. The van der Waals surface area contributed by atoms with E-state index in [-0.39, 0.29) is 17.2 Å². The molecular weight excluding hydrogens is 565 g/mol. The van der Waals surface area contributed by atoms with Gasteiger partial charge in [-0.1, -0.05) is 18.2 Å². The molecule has 1 amide bonds. The molecule has 0 saturated carbocycles. The normalized spacial score (nSPS) is 13.3. The van der Waals surface area contributed by atoms with Gasteiger partial charge in [0.2, 0.25) is 10.0 Å². The van der Waals surface area contributed by atoms with E-state index in [2.05, 4.69) is 5.32 Å². The van der Waals surface area contributed by atoms with Crippen LogP contribution in [0.25, 0.3) is 44.0 Å². The standard InChI is InChI=1S/C30H26FN3O5S2/c1-32-29(35)27-22-14-21(18-5-4-6-19(13-18)30-33-23-11-12-38-16-26(23)40-30)24(34(2)41(3,36)37)15-25(22)39-28(27)17-7-9-20(31)10-8-17/h4-10,13-15H,11-12,16H2,1-3H3,(H,32,35). The molecule has 11 heteroatoms. The lowest BCUT2D eigenvalue weighted by Gasteiger charge is -2.21. The summed E-state index contributed by atoms with van der Waals surface area (Å²) >= 11 is 1.58. The number of furan rings is 1. The molecule has 0 radical (unpaired) electrons. The summed E-state index contributed by atoms with van der Waals surface area (Å²) in [7, 11) is -0.661. The second-order valence-electron chi connectivity index (χ2n) is 9.76. The first kappa shape index (κ1) is 27.1. The van der Waals surface area contributed by atoms with Crippen LogP contribution in [0.15, 0.2) is 65.1 Å². The van der Waals surface area contributed by atoms with Crippen LogP contribution in [-0.2, 0) is 27.8 Å². The Bertz CT molecular complexity index is 1890. The predicted molar refractivity (Wildman–Crippen MR) is 158 cm³/mol. The van der Waals surface area contributed by atoms with Crippen LogP contribution < -0.4 is 9.62 Å². The first-order valence-electron chi connectivity index (χ1n) is 12.8. The summed E-state index contributed by atoms with van der Waals surface area (Å²) in [6.45, 7) is 1.20. The Kier molecular flexibility index (Phi) is 6.88. The van der Waals surface area contributed by atoms with Gasteiger partial charge in [0.15, 0.2) is 0 Å². The van der Waals surface area contributed by atoms with Crippen molar-refractivity contribution in [2.45, 2.75) is 13.0 Å². The van der Waals surface area contributed by atoms with Crippen molar-refractivity contribution in [1.82, 2.24) is 10.3 Å². The Morgan fingerprint density at radius 2 is 1.83 bits per heavy atom. The lowest BCUT2D eigenvalue weighted by molar-refractivity contribution is 0.0964. The second-order valence-corrected chi connectivity index (χ2v) is 12.9. The minimum Gasteiger partial charge on any atom is -0.455 e. The van der Waals surface area contributed by atoms with Gasteiger partial charge < -0.3 is 14.5 Å². The fraction of sp³-hybridized carbons (Fsp3) is 0.200. The maximum Gasteiger partial charge on any atom is 0.255 e. The number of hydrogen-bond donors (Lipinski definition) is 1. The van der Waals surface area contributed by atoms with E-state index in [9.17, 15) is 17.6 Å². The number of benzene rings is 3. The molecular formula is C30H26FN3O5S2. The number of amides is 1. The van der Waals surface area contributed by atoms with E-state index in [4.69, 9.17) is 14.1 Å². The molecule has 1 aliphatic rings. The van der Waals surface area contributed by atoms with Gasteiger partial charge in [-0.3, -0.25) is 9.10 Å². The second kappa shape index (κ2) is 10.4. The molecule has 0 fully saturated rings. The van der Waals surface area contributed by atoms with E-state index in [0.29, 0.717) is 41.0 Å². The van der Waals surface area contributed by atoms with Crippen LogP contribution in [0.2, 0.25) is 0 Å². The molecule has 1 N–H and O–H groups in total. The predicted octanol–water partition coefficient (Wildman–Crippen LogP) is 5.86. The van der Waals surface area contributed by atoms with Crippen molar-refractivity contribution in [3.05, 3.63) is 82.6 Å². The highest BCUT2D eigenvalue weighted by Gasteiger charge is 2.26. The lowest BCUT2D eigenvalue weighted by Crippen LogP contribution is -2.25. The number of ether oxygens (including phenoxy) is 1. The third-order valence-electron chi connectivity index (χ3n) is 7.12. The first-order chi connectivity index (χ1) is 19.6. The highest BCUT2D eigenvalue weighted by Crippen LogP contribution is 2.42. The van der Waals surface area contributed by atoms with Gasteiger partial charge >= 0.3 is 0 Å². The van der Waals surface area contributed by atoms with Crippen LogP contribution in [0, 0.1) is 5.82 Å². The van der Waals surface area contributed by atoms with Crippen LogP contribution >= 0.6 is 11.3 Å². The SMILES string of the molecule is CNC(=O)c1c(-c2ccc(F)cc2)oc2cc(N(C)S(C)(=O)=O)c(-c3cccc(-c4nc5c(s4)COCC5)c3)cc12. The number of rotatable bonds is 6. The minimum absolute atomic E-state index is 0.258. The molecule has 41 heavy (non-hydrogen) atoms. The largest absolute Gasteiger partial charge is 0.455 e. The van der Waals surface area contributed by atoms with E-state index in [1.54, 1.807) is 23.5 Å². The van der Waals surface area contributed by atoms with Gasteiger partial charge in [-0.2, -0.15) is 0 Å². The highest BCUT2D eigenvalue weighted by atomic mass is 32.2. The topological polar surface area (TPSA) is 102 Å². The minimum atomic E-state index is -3.65. The molecule has 0 unspecified atom stereocenters. The average molecular weight is 592 g/mol. The summed E-state index contributed by atoms with van der Waals surface area (Å²) in [6.07, 6.45) is 1.90. The van der Waals surface area contributed by atoms with Crippen LogP contribution in [0.5, 0.6) is 0 Å². The third-order valence-corrected chi connectivity index (χ3v) is 9.43. The maximum atomic E-state index is 13.7. The molecule has 2 aromatic heterocycles. The Balaban J connectivity index is 1.58. The summed E-state index contributed by atoms with van der Waals surface area (Å²) < 4.78 is 52.0. The first-order valence-corrected chi connectivity index (χ1v) is 15.5. The highest BCUT2D eigenvalue weighted by molar-refractivity contribution is 7.92. The van der Waals surface area contributed by atoms with Crippen molar-refractivity contribution in [1.29, 1.82) is 0 Å². The quantitative estimate of drug-likeness (QED) is 0.266. The fourth-order valence-corrected chi connectivity index (χ4v) is 6.48. The number of nitrogens with zero attached hydrogens (tertiary/aromatic N) is 2. The summed E-state index contributed by atoms with van der Waals surface area (Å²) in [4.78, 5) is 19.1. The Hall–Kier alpha value is -4.06. The van der Waals surface area contributed by atoms with Crippen molar-refractivity contribution in [2.24, 2.45) is 0 Å². The summed E-state index contributed by atoms with van der Waals surface area (Å²) in [6, 6.07) is 16.8. The number of nitrogens with one attached hydrogen (secondary N) is 1. The summed E-state index contributed by atoms with van der Waals surface area (Å²) in [5.41, 5.74) is 4.75. The number of fused-ring (bicyclic) bond motifs is 2. The number of thiazole rings is 1. The molecule has 0 spiro atoms. The zero-order chi connectivity index (χ0) is 28.9. The Labute approximate surface area is 240 Å². The molecule has 8 nitrogen and oxygen atoms in total. The van der Waals surface area contributed by atoms with Gasteiger partial charge in [-0.25, -0.2) is 17.8 Å². The smallest absolute Gasteiger partial charge is 0.255 e. The molecule has 1 aliphatic heterocycles. The zero-order valence-corrected chi connectivity index (χ0v) is 24.2. The molecule has 3 aromatic carbocycles. The van der Waals surface area contributed by atoms with Gasteiger partial charge in [0, 0.05) is 48.7 Å². The molecule has 210 valence electrons. The van der Waals surface area contributed by atoms with Crippen LogP contribution in [0.4, 0.5) is 10.1 Å². The summed E-state index contributed by atoms with van der Waals surface area (Å²) in [5.74, 6) is -0.546. The van der Waals surface area contributed by atoms with E-state index in [1.165, 1.54) is 42.7 Å². The molecule has 0 bridgehead atoms. The van der Waals surface area contributed by atoms with Crippen molar-refractivity contribution >= 4 is 43.9 Å². The van der Waals surface area contributed by atoms with Gasteiger partial charge in [0.1, 0.15) is 22.2 Å². The molecule has 5 aromatic rings. The number of hydrogen-bond acceptors (Lipinski definition) is 7. The van der Waals surface area contributed by atoms with Crippen molar-refractivity contribution in [3.8, 4) is 33.0 Å². The van der Waals surface area contributed by atoms with Gasteiger partial charge in [-0.05, 0) is 42.0 Å². The number of sulfonamides is 1. The Morgan fingerprint density at radius 3 is 2.54 bits per heavy atom. The van der Waals surface area contributed by atoms with Crippen LogP contribution in [0.1, 0.15) is 20.9 Å². The van der Waals surface area contributed by atoms with Gasteiger partial charge in [0.25, 0.3) is 5.91 Å². The van der Waals surface area contributed by atoms with Crippen LogP contribution in [0.3, 0.4) is 0 Å². The molecule has 0 atom stereocenters. The van der Waals surface area contributed by atoms with Crippen molar-refractivity contribution in [3.63, 3.8) is 0 Å². The number of anilines is 1. The number of aromatic nitrogens is 1. The van der Waals surface area contributed by atoms with E-state index in [1.807, 2.05) is 24.3 Å². The number of carbonyl (C=O) groups is 1. The maximum absolute atomic E-state index is 13.7. The number of carbonyl (C=O) groups excluding carboxylic acids is 1. The van der Waals surface area contributed by atoms with E-state index >= 15 is 0 Å². The van der Waals surface area contributed by atoms with E-state index < -0.39 is 15.8 Å². The van der Waals surface area contributed by atoms with Gasteiger partial charge in [0.05, 0.1) is 41.3 Å².